The second-order valence-corrected chi connectivity index (χ2v) is 10.6. The molecule has 38 heavy (non-hydrogen) atoms. The summed E-state index contributed by atoms with van der Waals surface area (Å²) >= 11 is 0. The number of nitrogens with zero attached hydrogens (tertiary/aromatic N) is 2. The normalized spacial score (nSPS) is 12.0. The van der Waals surface area contributed by atoms with Gasteiger partial charge in [0, 0.05) is 18.7 Å². The Morgan fingerprint density at radius 3 is 2.18 bits per heavy atom. The van der Waals surface area contributed by atoms with Crippen molar-refractivity contribution in [2.75, 3.05) is 17.4 Å². The van der Waals surface area contributed by atoms with Crippen LogP contribution in [0.5, 0.6) is 0 Å². The van der Waals surface area contributed by atoms with E-state index in [1.807, 2.05) is 6.92 Å². The number of unbranched alkanes of at least 4 members (excludes halogenated alkanes) is 1. The maximum absolute atomic E-state index is 14.5. The molecule has 3 aromatic rings. The largest absolute Gasteiger partial charge is 0.354 e. The third kappa shape index (κ3) is 7.16. The lowest BCUT2D eigenvalue weighted by atomic mass is 10.1. The number of nitrogens with one attached hydrogen (secondary N) is 1. The molecular formula is C28H31F2N3O4S. The molecule has 0 spiro atoms. The number of carbonyl (C=O) groups excluding carboxylic acids is 2. The van der Waals surface area contributed by atoms with Crippen LogP contribution in [0.1, 0.15) is 32.3 Å². The van der Waals surface area contributed by atoms with E-state index in [0.717, 1.165) is 34.2 Å². The van der Waals surface area contributed by atoms with Crippen molar-refractivity contribution in [2.45, 2.75) is 44.2 Å². The molecule has 3 aromatic carbocycles. The van der Waals surface area contributed by atoms with Crippen molar-refractivity contribution in [3.05, 3.63) is 96.1 Å². The summed E-state index contributed by atoms with van der Waals surface area (Å²) in [4.78, 5) is 27.7. The molecule has 1 atom stereocenters. The zero-order chi connectivity index (χ0) is 27.7. The fourth-order valence-corrected chi connectivity index (χ4v) is 5.22. The van der Waals surface area contributed by atoms with Crippen molar-refractivity contribution in [3.63, 3.8) is 0 Å². The van der Waals surface area contributed by atoms with E-state index in [1.54, 1.807) is 24.3 Å². The van der Waals surface area contributed by atoms with Crippen molar-refractivity contribution in [1.29, 1.82) is 0 Å². The lowest BCUT2D eigenvalue weighted by Gasteiger charge is -2.32. The van der Waals surface area contributed by atoms with Crippen LogP contribution in [0, 0.1) is 11.6 Å². The number of benzene rings is 3. The molecule has 10 heteroatoms. The van der Waals surface area contributed by atoms with Crippen molar-refractivity contribution in [3.8, 4) is 0 Å². The summed E-state index contributed by atoms with van der Waals surface area (Å²) in [5.74, 6) is -2.30. The van der Waals surface area contributed by atoms with Gasteiger partial charge in [0.25, 0.3) is 10.0 Å². The van der Waals surface area contributed by atoms with E-state index in [4.69, 9.17) is 0 Å². The first-order chi connectivity index (χ1) is 18.1. The Morgan fingerprint density at radius 1 is 0.921 bits per heavy atom. The number of amides is 2. The van der Waals surface area contributed by atoms with Crippen LogP contribution in [0.15, 0.2) is 83.8 Å². The van der Waals surface area contributed by atoms with E-state index in [0.29, 0.717) is 6.54 Å². The second kappa shape index (κ2) is 13.1. The quantitative estimate of drug-likeness (QED) is 0.341. The van der Waals surface area contributed by atoms with E-state index in [2.05, 4.69) is 5.32 Å². The molecule has 0 radical (unpaired) electrons. The highest BCUT2D eigenvalue weighted by molar-refractivity contribution is 7.92. The van der Waals surface area contributed by atoms with Gasteiger partial charge in [-0.15, -0.1) is 0 Å². The molecule has 7 nitrogen and oxygen atoms in total. The van der Waals surface area contributed by atoms with Crippen LogP contribution < -0.4 is 9.62 Å². The number of anilines is 1. The number of rotatable bonds is 12. The Kier molecular flexibility index (Phi) is 9.95. The van der Waals surface area contributed by atoms with Gasteiger partial charge in [0.05, 0.1) is 10.6 Å². The fourth-order valence-electron chi connectivity index (χ4n) is 3.78. The molecular weight excluding hydrogens is 512 g/mol. The van der Waals surface area contributed by atoms with Crippen molar-refractivity contribution >= 4 is 27.5 Å². The minimum Gasteiger partial charge on any atom is -0.354 e. The van der Waals surface area contributed by atoms with Gasteiger partial charge in [-0.3, -0.25) is 13.9 Å². The van der Waals surface area contributed by atoms with E-state index < -0.39 is 46.1 Å². The van der Waals surface area contributed by atoms with Gasteiger partial charge in [0.15, 0.2) is 0 Å². The summed E-state index contributed by atoms with van der Waals surface area (Å²) in [5.41, 5.74) is 0.239. The monoisotopic (exact) mass is 543 g/mol. The Balaban J connectivity index is 1.99. The molecule has 0 aliphatic rings. The molecule has 2 amide bonds. The predicted molar refractivity (Wildman–Crippen MR) is 142 cm³/mol. The van der Waals surface area contributed by atoms with Crippen molar-refractivity contribution < 1.29 is 26.8 Å². The molecule has 0 unspecified atom stereocenters. The zero-order valence-electron chi connectivity index (χ0n) is 21.3. The molecule has 0 fully saturated rings. The minimum absolute atomic E-state index is 0.0643. The average molecular weight is 544 g/mol. The summed E-state index contributed by atoms with van der Waals surface area (Å²) < 4.78 is 56.2. The molecule has 0 saturated heterocycles. The van der Waals surface area contributed by atoms with Crippen LogP contribution >= 0.6 is 0 Å². The average Bonchev–Trinajstić information content (AvgIpc) is 2.92. The summed E-state index contributed by atoms with van der Waals surface area (Å²) in [6.45, 7) is 2.95. The minimum atomic E-state index is -4.25. The third-order valence-corrected chi connectivity index (χ3v) is 7.81. The van der Waals surface area contributed by atoms with Gasteiger partial charge in [0.2, 0.25) is 11.8 Å². The maximum atomic E-state index is 14.5. The SMILES string of the molecule is CCCCNC(=O)[C@@H](C)N(Cc1ccccc1F)C(=O)CN(c1ccc(F)cc1)S(=O)(=O)c1ccccc1. The highest BCUT2D eigenvalue weighted by Crippen LogP contribution is 2.25. The zero-order valence-corrected chi connectivity index (χ0v) is 22.1. The van der Waals surface area contributed by atoms with E-state index >= 15 is 0 Å². The molecule has 0 aliphatic heterocycles. The van der Waals surface area contributed by atoms with Gasteiger partial charge in [-0.05, 0) is 55.8 Å². The molecule has 0 bridgehead atoms. The Morgan fingerprint density at radius 2 is 1.55 bits per heavy atom. The van der Waals surface area contributed by atoms with Crippen LogP contribution in [-0.4, -0.2) is 44.3 Å². The van der Waals surface area contributed by atoms with Gasteiger partial charge in [0.1, 0.15) is 24.2 Å². The smallest absolute Gasteiger partial charge is 0.264 e. The van der Waals surface area contributed by atoms with Crippen molar-refractivity contribution in [1.82, 2.24) is 10.2 Å². The first-order valence-corrected chi connectivity index (χ1v) is 13.7. The molecule has 202 valence electrons. The van der Waals surface area contributed by atoms with Crippen LogP contribution in [0.4, 0.5) is 14.5 Å². The van der Waals surface area contributed by atoms with Gasteiger partial charge in [-0.1, -0.05) is 49.7 Å². The Labute approximate surface area is 222 Å². The topological polar surface area (TPSA) is 86.8 Å². The molecule has 1 N–H and O–H groups in total. The standard InChI is InChI=1S/C28H31F2N3O4S/c1-3-4-18-31-28(35)21(2)32(19-22-10-8-9-13-26(22)30)27(34)20-33(24-16-14-23(29)15-17-24)38(36,37)25-11-6-5-7-12-25/h5-17,21H,3-4,18-20H2,1-2H3,(H,31,35)/t21-/m1/s1. The van der Waals surface area contributed by atoms with Crippen LogP contribution in [0.2, 0.25) is 0 Å². The summed E-state index contributed by atoms with van der Waals surface area (Å²) in [6.07, 6.45) is 1.60. The van der Waals surface area contributed by atoms with E-state index in [1.165, 1.54) is 49.4 Å². The molecule has 3 rings (SSSR count). The number of hydrogen-bond acceptors (Lipinski definition) is 4. The first-order valence-electron chi connectivity index (χ1n) is 12.3. The predicted octanol–water partition coefficient (Wildman–Crippen LogP) is 4.49. The number of hydrogen-bond donors (Lipinski definition) is 1. The number of carbonyl (C=O) groups is 2. The lowest BCUT2D eigenvalue weighted by molar-refractivity contribution is -0.139. The van der Waals surface area contributed by atoms with Crippen LogP contribution in [-0.2, 0) is 26.2 Å². The van der Waals surface area contributed by atoms with Crippen LogP contribution in [0.25, 0.3) is 0 Å². The summed E-state index contributed by atoms with van der Waals surface area (Å²) in [7, 11) is -4.25. The lowest BCUT2D eigenvalue weighted by Crippen LogP contribution is -2.51. The third-order valence-electron chi connectivity index (χ3n) is 6.02. The number of halogens is 2. The first kappa shape index (κ1) is 28.8. The summed E-state index contributed by atoms with van der Waals surface area (Å²) in [6, 6.07) is 17.1. The second-order valence-electron chi connectivity index (χ2n) is 8.73. The maximum Gasteiger partial charge on any atom is 0.264 e. The molecule has 0 saturated carbocycles. The summed E-state index contributed by atoms with van der Waals surface area (Å²) in [5, 5.41) is 2.77. The highest BCUT2D eigenvalue weighted by Gasteiger charge is 2.32. The molecule has 0 heterocycles. The van der Waals surface area contributed by atoms with Gasteiger partial charge >= 0.3 is 0 Å². The van der Waals surface area contributed by atoms with Crippen LogP contribution in [0.3, 0.4) is 0 Å². The highest BCUT2D eigenvalue weighted by atomic mass is 32.2. The van der Waals surface area contributed by atoms with E-state index in [-0.39, 0.29) is 22.7 Å². The van der Waals surface area contributed by atoms with E-state index in [9.17, 15) is 26.8 Å². The van der Waals surface area contributed by atoms with Gasteiger partial charge in [-0.25, -0.2) is 17.2 Å². The van der Waals surface area contributed by atoms with Gasteiger partial charge in [-0.2, -0.15) is 0 Å². The van der Waals surface area contributed by atoms with Crippen molar-refractivity contribution in [2.24, 2.45) is 0 Å². The molecule has 0 aliphatic carbocycles. The van der Waals surface area contributed by atoms with Gasteiger partial charge < -0.3 is 10.2 Å². The number of sulfonamides is 1. The Bertz CT molecular complexity index is 1340. The Hall–Kier alpha value is -3.79. The molecule has 0 aromatic heterocycles. The fraction of sp³-hybridized carbons (Fsp3) is 0.286.